The lowest BCUT2D eigenvalue weighted by atomic mass is 9.64. The van der Waals surface area contributed by atoms with Gasteiger partial charge in [0.25, 0.3) is 0 Å². The van der Waals surface area contributed by atoms with Crippen molar-refractivity contribution in [2.75, 3.05) is 6.61 Å². The van der Waals surface area contributed by atoms with Gasteiger partial charge in [0.05, 0.1) is 0 Å². The number of fused-ring (bicyclic) bond motifs is 1. The van der Waals surface area contributed by atoms with E-state index in [1.54, 1.807) is 0 Å². The number of Topliss-reactive ketones (excluding diaryl/α,β-unsaturated/α-hetero) is 1. The summed E-state index contributed by atoms with van der Waals surface area (Å²) in [5, 5.41) is 9.74. The van der Waals surface area contributed by atoms with Crippen LogP contribution in [-0.2, 0) is 4.79 Å². The first-order chi connectivity index (χ1) is 10.4. The highest BCUT2D eigenvalue weighted by Crippen LogP contribution is 2.50. The molecule has 0 saturated heterocycles. The number of allylic oxidation sites excluding steroid dienone is 2. The summed E-state index contributed by atoms with van der Waals surface area (Å²) in [6.07, 6.45) is 9.36. The minimum Gasteiger partial charge on any atom is -0.396 e. The monoisotopic (exact) mass is 306 g/mol. The lowest BCUT2D eigenvalue weighted by molar-refractivity contribution is -0.131. The molecule has 0 bridgehead atoms. The first kappa shape index (κ1) is 17.7. The molecule has 0 aromatic rings. The van der Waals surface area contributed by atoms with Crippen LogP contribution in [0, 0.1) is 29.1 Å². The number of hydrogen-bond donors (Lipinski definition) is 1. The predicted molar refractivity (Wildman–Crippen MR) is 91.6 cm³/mol. The molecular weight excluding hydrogens is 272 g/mol. The average molecular weight is 306 g/mol. The lowest BCUT2D eigenvalue weighted by Crippen LogP contribution is -2.38. The van der Waals surface area contributed by atoms with Crippen molar-refractivity contribution in [3.8, 4) is 0 Å². The zero-order valence-electron chi connectivity index (χ0n) is 14.9. The van der Waals surface area contributed by atoms with Crippen LogP contribution in [0.1, 0.15) is 72.6 Å². The fraction of sp³-hybridized carbons (Fsp3) is 0.850. The third-order valence-electron chi connectivity index (χ3n) is 6.43. The molecule has 2 aliphatic rings. The van der Waals surface area contributed by atoms with Crippen LogP contribution in [0.2, 0.25) is 0 Å². The number of aliphatic hydroxyl groups is 1. The van der Waals surface area contributed by atoms with E-state index in [2.05, 4.69) is 33.8 Å². The van der Waals surface area contributed by atoms with Crippen LogP contribution >= 0.6 is 0 Å². The number of aliphatic hydroxyl groups excluding tert-OH is 1. The Labute approximate surface area is 136 Å². The van der Waals surface area contributed by atoms with Gasteiger partial charge in [-0.25, -0.2) is 0 Å². The second-order valence-electron chi connectivity index (χ2n) is 8.37. The molecule has 126 valence electrons. The largest absolute Gasteiger partial charge is 0.396 e. The molecule has 2 rings (SSSR count). The van der Waals surface area contributed by atoms with Crippen LogP contribution in [0.15, 0.2) is 11.6 Å². The molecule has 0 amide bonds. The van der Waals surface area contributed by atoms with E-state index < -0.39 is 0 Å². The Morgan fingerprint density at radius 1 is 1.27 bits per heavy atom. The Hall–Kier alpha value is -0.630. The van der Waals surface area contributed by atoms with Crippen molar-refractivity contribution in [1.29, 1.82) is 0 Å². The molecule has 2 aliphatic carbocycles. The zero-order valence-corrected chi connectivity index (χ0v) is 14.9. The zero-order chi connectivity index (χ0) is 16.3. The van der Waals surface area contributed by atoms with Gasteiger partial charge in [-0.15, -0.1) is 0 Å². The summed E-state index contributed by atoms with van der Waals surface area (Å²) in [6.45, 7) is 9.07. The highest BCUT2D eigenvalue weighted by Gasteiger charge is 2.45. The van der Waals surface area contributed by atoms with Crippen LogP contribution in [-0.4, -0.2) is 17.5 Å². The third kappa shape index (κ3) is 3.82. The van der Waals surface area contributed by atoms with Crippen molar-refractivity contribution in [3.05, 3.63) is 11.6 Å². The van der Waals surface area contributed by atoms with Gasteiger partial charge < -0.3 is 5.11 Å². The maximum absolute atomic E-state index is 12.8. The van der Waals surface area contributed by atoms with E-state index in [9.17, 15) is 9.90 Å². The lowest BCUT2D eigenvalue weighted by Gasteiger charge is -2.39. The fourth-order valence-electron chi connectivity index (χ4n) is 4.86. The Morgan fingerprint density at radius 2 is 2.00 bits per heavy atom. The summed E-state index contributed by atoms with van der Waals surface area (Å²) in [5.41, 5.74) is 1.18. The predicted octanol–water partition coefficient (Wildman–Crippen LogP) is 4.76. The summed E-state index contributed by atoms with van der Waals surface area (Å²) in [5.74, 6) is 2.74. The Kier molecular flexibility index (Phi) is 5.87. The molecule has 2 saturated carbocycles. The molecule has 2 nitrogen and oxygen atoms in total. The Morgan fingerprint density at radius 3 is 2.64 bits per heavy atom. The number of carbonyl (C=O) groups excluding carboxylic acids is 1. The quantitative estimate of drug-likeness (QED) is 0.760. The average Bonchev–Trinajstić information content (AvgIpc) is 2.79. The number of hydrogen-bond acceptors (Lipinski definition) is 2. The molecule has 0 aromatic heterocycles. The van der Waals surface area contributed by atoms with Crippen molar-refractivity contribution in [3.63, 3.8) is 0 Å². The fourth-order valence-corrected chi connectivity index (χ4v) is 4.86. The van der Waals surface area contributed by atoms with Gasteiger partial charge in [0, 0.05) is 18.4 Å². The summed E-state index contributed by atoms with van der Waals surface area (Å²) in [7, 11) is 0. The van der Waals surface area contributed by atoms with E-state index in [4.69, 9.17) is 0 Å². The topological polar surface area (TPSA) is 37.3 Å². The van der Waals surface area contributed by atoms with Crippen LogP contribution in [0.5, 0.6) is 0 Å². The molecule has 0 heterocycles. The SMILES string of the molecule is CC(C)=CCC[C@]1(C)C[C@H]2[C@H](CC[C@@H]2C)[C@@H](CO)CCC1=O. The van der Waals surface area contributed by atoms with Crippen LogP contribution in [0.25, 0.3) is 0 Å². The molecule has 0 unspecified atom stereocenters. The van der Waals surface area contributed by atoms with Gasteiger partial charge in [0.2, 0.25) is 0 Å². The molecular formula is C20H34O2. The first-order valence-corrected chi connectivity index (χ1v) is 9.15. The first-order valence-electron chi connectivity index (χ1n) is 9.15. The van der Waals surface area contributed by atoms with E-state index in [0.717, 1.165) is 25.7 Å². The molecule has 2 fully saturated rings. The standard InChI is InChI=1S/C20H34O2/c1-14(2)6-5-11-20(4)12-18-15(3)7-9-17(18)16(13-21)8-10-19(20)22/h6,15-18,21H,5,7-13H2,1-4H3/t15-,16+,17+,18+,20+/m0/s1. The Balaban J connectivity index is 2.17. The van der Waals surface area contributed by atoms with Crippen molar-refractivity contribution < 1.29 is 9.90 Å². The highest BCUT2D eigenvalue weighted by atomic mass is 16.3. The molecule has 1 N–H and O–H groups in total. The number of carbonyl (C=O) groups is 1. The maximum atomic E-state index is 12.8. The summed E-state index contributed by atoms with van der Waals surface area (Å²) in [6, 6.07) is 0. The van der Waals surface area contributed by atoms with E-state index in [-0.39, 0.29) is 12.0 Å². The van der Waals surface area contributed by atoms with Crippen LogP contribution in [0.3, 0.4) is 0 Å². The van der Waals surface area contributed by atoms with E-state index >= 15 is 0 Å². The van der Waals surface area contributed by atoms with Crippen LogP contribution in [0.4, 0.5) is 0 Å². The summed E-state index contributed by atoms with van der Waals surface area (Å²) >= 11 is 0. The molecule has 2 heteroatoms. The molecule has 22 heavy (non-hydrogen) atoms. The minimum absolute atomic E-state index is 0.159. The van der Waals surface area contributed by atoms with Crippen molar-refractivity contribution in [2.45, 2.75) is 72.6 Å². The second-order valence-corrected chi connectivity index (χ2v) is 8.37. The molecule has 0 radical (unpaired) electrons. The Bertz CT molecular complexity index is 421. The van der Waals surface area contributed by atoms with Gasteiger partial charge >= 0.3 is 0 Å². The van der Waals surface area contributed by atoms with Gasteiger partial charge in [0.15, 0.2) is 0 Å². The maximum Gasteiger partial charge on any atom is 0.138 e. The molecule has 0 aliphatic heterocycles. The number of ketones is 1. The van der Waals surface area contributed by atoms with E-state index in [1.165, 1.54) is 18.4 Å². The van der Waals surface area contributed by atoms with Crippen LogP contribution < -0.4 is 0 Å². The second kappa shape index (κ2) is 7.29. The van der Waals surface area contributed by atoms with Crippen molar-refractivity contribution in [1.82, 2.24) is 0 Å². The van der Waals surface area contributed by atoms with Gasteiger partial charge in [0.1, 0.15) is 5.78 Å². The molecule has 5 atom stereocenters. The van der Waals surface area contributed by atoms with Gasteiger partial charge in [-0.05, 0) is 69.6 Å². The van der Waals surface area contributed by atoms with Crippen molar-refractivity contribution in [2.24, 2.45) is 29.1 Å². The highest BCUT2D eigenvalue weighted by molar-refractivity contribution is 5.84. The summed E-state index contributed by atoms with van der Waals surface area (Å²) < 4.78 is 0. The molecule has 0 spiro atoms. The third-order valence-corrected chi connectivity index (χ3v) is 6.43. The van der Waals surface area contributed by atoms with Gasteiger partial charge in [-0.3, -0.25) is 4.79 Å². The van der Waals surface area contributed by atoms with E-state index in [0.29, 0.717) is 35.9 Å². The van der Waals surface area contributed by atoms with E-state index in [1.807, 2.05) is 0 Å². The minimum atomic E-state index is -0.159. The summed E-state index contributed by atoms with van der Waals surface area (Å²) in [4.78, 5) is 12.8. The van der Waals surface area contributed by atoms with Gasteiger partial charge in [-0.1, -0.05) is 31.9 Å². The smallest absolute Gasteiger partial charge is 0.138 e. The molecule has 0 aromatic carbocycles. The number of rotatable bonds is 4. The normalized spacial score (nSPS) is 39.0. The van der Waals surface area contributed by atoms with Gasteiger partial charge in [-0.2, -0.15) is 0 Å². The van der Waals surface area contributed by atoms with Crippen molar-refractivity contribution >= 4 is 5.78 Å².